The van der Waals surface area contributed by atoms with Crippen LogP contribution in [0.15, 0.2) is 28.7 Å². The first-order valence-electron chi connectivity index (χ1n) is 8.11. The number of hydrogen-bond donors (Lipinski definition) is 1. The van der Waals surface area contributed by atoms with E-state index in [-0.39, 0.29) is 11.7 Å². The minimum absolute atomic E-state index is 0.173. The van der Waals surface area contributed by atoms with Crippen LogP contribution in [0.25, 0.3) is 11.4 Å². The number of benzene rings is 1. The number of aryl methyl sites for hydroxylation is 1. The number of methoxy groups -OCH3 is 1. The van der Waals surface area contributed by atoms with E-state index >= 15 is 0 Å². The zero-order valence-corrected chi connectivity index (χ0v) is 17.8. The number of anilines is 1. The number of aromatic nitrogens is 3. The van der Waals surface area contributed by atoms with E-state index in [4.69, 9.17) is 16.3 Å². The Bertz CT molecular complexity index is 984. The average Bonchev–Trinajstić information content (AvgIpc) is 3.16. The normalized spacial score (nSPS) is 10.9. The Morgan fingerprint density at radius 1 is 1.37 bits per heavy atom. The molecule has 0 saturated heterocycles. The molecular formula is C18H19ClN4O2S2. The van der Waals surface area contributed by atoms with Crippen molar-refractivity contribution in [1.29, 1.82) is 0 Å². The fourth-order valence-electron chi connectivity index (χ4n) is 2.50. The third kappa shape index (κ3) is 4.28. The van der Waals surface area contributed by atoms with E-state index in [1.54, 1.807) is 36.6 Å². The van der Waals surface area contributed by atoms with Gasteiger partial charge in [-0.25, -0.2) is 0 Å². The van der Waals surface area contributed by atoms with E-state index in [2.05, 4.69) is 34.7 Å². The number of thiophene rings is 1. The van der Waals surface area contributed by atoms with Gasteiger partial charge in [-0.3, -0.25) is 4.79 Å². The van der Waals surface area contributed by atoms with Crippen molar-refractivity contribution in [1.82, 2.24) is 14.8 Å². The molecule has 0 saturated carbocycles. The SMILES string of the molecule is COc1ccc(Cl)cc1NC(=O)CSc1nnc(-c2csc(C)c2C)n1C. The number of carbonyl (C=O) groups is 1. The van der Waals surface area contributed by atoms with E-state index < -0.39 is 0 Å². The molecule has 2 heterocycles. The van der Waals surface area contributed by atoms with Crippen molar-refractivity contribution in [2.24, 2.45) is 7.05 Å². The van der Waals surface area contributed by atoms with E-state index in [1.165, 1.54) is 22.2 Å². The van der Waals surface area contributed by atoms with E-state index in [9.17, 15) is 4.79 Å². The molecule has 0 unspecified atom stereocenters. The van der Waals surface area contributed by atoms with Crippen LogP contribution >= 0.6 is 34.7 Å². The first kappa shape index (κ1) is 19.7. The quantitative estimate of drug-likeness (QED) is 0.590. The molecule has 27 heavy (non-hydrogen) atoms. The molecular weight excluding hydrogens is 404 g/mol. The van der Waals surface area contributed by atoms with E-state index in [0.29, 0.717) is 21.6 Å². The summed E-state index contributed by atoms with van der Waals surface area (Å²) in [4.78, 5) is 13.6. The topological polar surface area (TPSA) is 69.0 Å². The number of thioether (sulfide) groups is 1. The smallest absolute Gasteiger partial charge is 0.234 e. The van der Waals surface area contributed by atoms with Crippen LogP contribution in [0.3, 0.4) is 0 Å². The highest BCUT2D eigenvalue weighted by molar-refractivity contribution is 7.99. The maximum atomic E-state index is 12.3. The van der Waals surface area contributed by atoms with Gasteiger partial charge in [0.25, 0.3) is 0 Å². The van der Waals surface area contributed by atoms with Crippen molar-refractivity contribution >= 4 is 46.3 Å². The number of rotatable bonds is 6. The molecule has 0 bridgehead atoms. The summed E-state index contributed by atoms with van der Waals surface area (Å²) in [6.45, 7) is 4.17. The number of carbonyl (C=O) groups excluding carboxylic acids is 1. The summed E-state index contributed by atoms with van der Waals surface area (Å²) in [5, 5.41) is 14.6. The molecule has 1 aromatic carbocycles. The van der Waals surface area contributed by atoms with Crippen LogP contribution in [0, 0.1) is 13.8 Å². The molecule has 9 heteroatoms. The van der Waals surface area contributed by atoms with Crippen LogP contribution in [-0.2, 0) is 11.8 Å². The second-order valence-corrected chi connectivity index (χ2v) is 8.34. The van der Waals surface area contributed by atoms with Crippen molar-refractivity contribution in [3.63, 3.8) is 0 Å². The number of hydrogen-bond acceptors (Lipinski definition) is 6. The van der Waals surface area contributed by atoms with Gasteiger partial charge in [0.15, 0.2) is 11.0 Å². The summed E-state index contributed by atoms with van der Waals surface area (Å²) in [5.41, 5.74) is 2.82. The standard InChI is InChI=1S/C18H19ClN4O2S2/c1-10-11(2)26-8-13(10)17-21-22-18(23(17)3)27-9-16(24)20-14-7-12(19)5-6-15(14)25-4/h5-8H,9H2,1-4H3,(H,20,24). The summed E-state index contributed by atoms with van der Waals surface area (Å²) in [7, 11) is 3.45. The molecule has 0 atom stereocenters. The van der Waals surface area contributed by atoms with E-state index in [0.717, 1.165) is 11.4 Å². The van der Waals surface area contributed by atoms with Gasteiger partial charge in [-0.2, -0.15) is 0 Å². The highest BCUT2D eigenvalue weighted by Gasteiger charge is 2.17. The summed E-state index contributed by atoms with van der Waals surface area (Å²) >= 11 is 9.01. The molecule has 1 amide bonds. The molecule has 0 aliphatic carbocycles. The lowest BCUT2D eigenvalue weighted by molar-refractivity contribution is -0.113. The van der Waals surface area contributed by atoms with Gasteiger partial charge in [0, 0.05) is 27.9 Å². The van der Waals surface area contributed by atoms with Gasteiger partial charge in [-0.1, -0.05) is 23.4 Å². The minimum atomic E-state index is -0.173. The van der Waals surface area contributed by atoms with Crippen LogP contribution in [0.1, 0.15) is 10.4 Å². The Morgan fingerprint density at radius 3 is 2.81 bits per heavy atom. The molecule has 2 aromatic heterocycles. The molecule has 1 N–H and O–H groups in total. The first-order chi connectivity index (χ1) is 12.9. The van der Waals surface area contributed by atoms with Crippen LogP contribution in [-0.4, -0.2) is 33.5 Å². The van der Waals surface area contributed by atoms with Crippen molar-refractivity contribution in [3.8, 4) is 17.1 Å². The molecule has 0 fully saturated rings. The highest BCUT2D eigenvalue weighted by Crippen LogP contribution is 2.31. The third-order valence-electron chi connectivity index (χ3n) is 4.13. The molecule has 6 nitrogen and oxygen atoms in total. The second kappa shape index (κ2) is 8.33. The van der Waals surface area contributed by atoms with Crippen LogP contribution in [0.5, 0.6) is 5.75 Å². The predicted molar refractivity (Wildman–Crippen MR) is 111 cm³/mol. The zero-order chi connectivity index (χ0) is 19.6. The van der Waals surface area contributed by atoms with Crippen molar-refractivity contribution in [2.75, 3.05) is 18.2 Å². The lowest BCUT2D eigenvalue weighted by Crippen LogP contribution is -2.15. The second-order valence-electron chi connectivity index (χ2n) is 5.88. The number of nitrogens with one attached hydrogen (secondary N) is 1. The Morgan fingerprint density at radius 2 is 2.15 bits per heavy atom. The third-order valence-corrected chi connectivity index (χ3v) is 6.40. The van der Waals surface area contributed by atoms with Crippen LogP contribution in [0.2, 0.25) is 5.02 Å². The lowest BCUT2D eigenvalue weighted by Gasteiger charge is -2.10. The van der Waals surface area contributed by atoms with Crippen LogP contribution in [0.4, 0.5) is 5.69 Å². The average molecular weight is 423 g/mol. The minimum Gasteiger partial charge on any atom is -0.495 e. The predicted octanol–water partition coefficient (Wildman–Crippen LogP) is 4.55. The van der Waals surface area contributed by atoms with Gasteiger partial charge in [0.1, 0.15) is 5.75 Å². The number of amides is 1. The zero-order valence-electron chi connectivity index (χ0n) is 15.4. The van der Waals surface area contributed by atoms with Gasteiger partial charge < -0.3 is 14.6 Å². The summed E-state index contributed by atoms with van der Waals surface area (Å²) in [6, 6.07) is 5.08. The highest BCUT2D eigenvalue weighted by atomic mass is 35.5. The monoisotopic (exact) mass is 422 g/mol. The maximum absolute atomic E-state index is 12.3. The molecule has 0 aliphatic rings. The summed E-state index contributed by atoms with van der Waals surface area (Å²) in [6.07, 6.45) is 0. The van der Waals surface area contributed by atoms with Gasteiger partial charge in [0.05, 0.1) is 18.6 Å². The maximum Gasteiger partial charge on any atom is 0.234 e. The van der Waals surface area contributed by atoms with E-state index in [1.807, 2.05) is 11.6 Å². The molecule has 0 radical (unpaired) electrons. The summed E-state index contributed by atoms with van der Waals surface area (Å²) in [5.74, 6) is 1.38. The fourth-order valence-corrected chi connectivity index (χ4v) is 4.25. The first-order valence-corrected chi connectivity index (χ1v) is 10.4. The van der Waals surface area contributed by atoms with Crippen LogP contribution < -0.4 is 10.1 Å². The molecule has 3 aromatic rings. The molecule has 3 rings (SSSR count). The Balaban J connectivity index is 1.68. The van der Waals surface area contributed by atoms with Gasteiger partial charge >= 0.3 is 0 Å². The largest absolute Gasteiger partial charge is 0.495 e. The molecule has 0 spiro atoms. The lowest BCUT2D eigenvalue weighted by atomic mass is 10.2. The number of halogens is 1. The molecule has 142 valence electrons. The van der Waals surface area contributed by atoms with Crippen molar-refractivity contribution in [2.45, 2.75) is 19.0 Å². The number of ether oxygens (including phenoxy) is 1. The van der Waals surface area contributed by atoms with Gasteiger partial charge in [-0.15, -0.1) is 21.5 Å². The van der Waals surface area contributed by atoms with Gasteiger partial charge in [-0.05, 0) is 37.6 Å². The number of nitrogens with zero attached hydrogens (tertiary/aromatic N) is 3. The Hall–Kier alpha value is -2.03. The Kier molecular flexibility index (Phi) is 6.08. The van der Waals surface area contributed by atoms with Crippen molar-refractivity contribution < 1.29 is 9.53 Å². The fraction of sp³-hybridized carbons (Fsp3) is 0.278. The van der Waals surface area contributed by atoms with Crippen molar-refractivity contribution in [3.05, 3.63) is 39.0 Å². The molecule has 0 aliphatic heterocycles. The Labute approximate surface area is 170 Å². The summed E-state index contributed by atoms with van der Waals surface area (Å²) < 4.78 is 7.15. The van der Waals surface area contributed by atoms with Gasteiger partial charge in [0.2, 0.25) is 5.91 Å².